The predicted molar refractivity (Wildman–Crippen MR) is 110 cm³/mol. The lowest BCUT2D eigenvalue weighted by Gasteiger charge is -2.11. The van der Waals surface area contributed by atoms with Gasteiger partial charge in [0.1, 0.15) is 11.6 Å². The van der Waals surface area contributed by atoms with E-state index >= 15 is 0 Å². The zero-order valence-electron chi connectivity index (χ0n) is 16.7. The van der Waals surface area contributed by atoms with Crippen molar-refractivity contribution >= 4 is 0 Å². The molecule has 0 spiro atoms. The van der Waals surface area contributed by atoms with E-state index in [0.717, 1.165) is 36.0 Å². The summed E-state index contributed by atoms with van der Waals surface area (Å²) in [6, 6.07) is 15.0. The van der Waals surface area contributed by atoms with Crippen molar-refractivity contribution in [2.24, 2.45) is 0 Å². The van der Waals surface area contributed by atoms with Crippen LogP contribution in [0.1, 0.15) is 42.9 Å². The average molecular weight is 414 g/mol. The van der Waals surface area contributed by atoms with E-state index in [1.807, 2.05) is 0 Å². The third-order valence-electron chi connectivity index (χ3n) is 5.50. The molecule has 5 heteroatoms. The largest absolute Gasteiger partial charge is 0.573 e. The van der Waals surface area contributed by atoms with Gasteiger partial charge in [0, 0.05) is 5.56 Å². The first-order valence-electron chi connectivity index (χ1n) is 10.1. The number of halogens is 4. The maximum Gasteiger partial charge on any atom is 0.573 e. The molecule has 1 aliphatic carbocycles. The number of hydrogen-bond acceptors (Lipinski definition) is 1. The highest BCUT2D eigenvalue weighted by Crippen LogP contribution is 2.40. The van der Waals surface area contributed by atoms with E-state index in [-0.39, 0.29) is 5.75 Å². The summed E-state index contributed by atoms with van der Waals surface area (Å²) in [5.74, 6) is -0.714. The molecule has 0 saturated carbocycles. The number of alkyl halides is 3. The smallest absolute Gasteiger partial charge is 0.406 e. The summed E-state index contributed by atoms with van der Waals surface area (Å²) in [5.41, 5.74) is 6.37. The third kappa shape index (κ3) is 4.35. The molecule has 0 atom stereocenters. The van der Waals surface area contributed by atoms with Gasteiger partial charge in [-0.1, -0.05) is 50.1 Å². The second-order valence-corrected chi connectivity index (χ2v) is 7.69. The molecule has 1 aliphatic rings. The molecule has 0 amide bonds. The molecule has 0 bridgehead atoms. The lowest BCUT2D eigenvalue weighted by atomic mass is 9.98. The Kier molecular flexibility index (Phi) is 5.54. The zero-order chi connectivity index (χ0) is 21.3. The number of benzene rings is 3. The lowest BCUT2D eigenvalue weighted by molar-refractivity contribution is -0.274. The van der Waals surface area contributed by atoms with Crippen molar-refractivity contribution < 1.29 is 22.3 Å². The van der Waals surface area contributed by atoms with Crippen LogP contribution in [0.25, 0.3) is 22.3 Å². The van der Waals surface area contributed by atoms with Crippen LogP contribution in [-0.2, 0) is 12.8 Å². The van der Waals surface area contributed by atoms with Gasteiger partial charge in [0.2, 0.25) is 0 Å². The number of hydrogen-bond donors (Lipinski definition) is 0. The van der Waals surface area contributed by atoms with Gasteiger partial charge in [-0.15, -0.1) is 13.2 Å². The number of ether oxygens (including phenoxy) is 1. The van der Waals surface area contributed by atoms with E-state index < -0.39 is 12.2 Å². The van der Waals surface area contributed by atoms with E-state index in [4.69, 9.17) is 0 Å². The van der Waals surface area contributed by atoms with Crippen molar-refractivity contribution in [3.05, 3.63) is 77.1 Å². The van der Waals surface area contributed by atoms with E-state index in [1.54, 1.807) is 6.07 Å². The maximum absolute atomic E-state index is 14.9. The molecule has 0 heterocycles. The summed E-state index contributed by atoms with van der Waals surface area (Å²) in [6.45, 7) is 2.18. The van der Waals surface area contributed by atoms with Crippen molar-refractivity contribution in [3.63, 3.8) is 0 Å². The highest BCUT2D eigenvalue weighted by atomic mass is 19.4. The molecule has 4 rings (SSSR count). The van der Waals surface area contributed by atoms with Crippen LogP contribution in [0.3, 0.4) is 0 Å². The van der Waals surface area contributed by atoms with E-state index in [0.29, 0.717) is 11.1 Å². The molecule has 0 saturated heterocycles. The molecule has 0 aromatic heterocycles. The Morgan fingerprint density at radius 3 is 2.27 bits per heavy atom. The van der Waals surface area contributed by atoms with Gasteiger partial charge >= 0.3 is 6.36 Å². The maximum atomic E-state index is 14.9. The summed E-state index contributed by atoms with van der Waals surface area (Å²) < 4.78 is 55.8. The van der Waals surface area contributed by atoms with Crippen LogP contribution in [-0.4, -0.2) is 6.36 Å². The van der Waals surface area contributed by atoms with Gasteiger partial charge in [-0.3, -0.25) is 0 Å². The predicted octanol–water partition coefficient (Wildman–Crippen LogP) is 7.70. The van der Waals surface area contributed by atoms with Crippen LogP contribution in [0.15, 0.2) is 54.6 Å². The molecular weight excluding hydrogens is 392 g/mol. The van der Waals surface area contributed by atoms with Crippen LogP contribution >= 0.6 is 0 Å². The summed E-state index contributed by atoms with van der Waals surface area (Å²) in [7, 11) is 0. The second-order valence-electron chi connectivity index (χ2n) is 7.69. The minimum Gasteiger partial charge on any atom is -0.406 e. The Labute approximate surface area is 173 Å². The molecule has 0 fully saturated rings. The summed E-state index contributed by atoms with van der Waals surface area (Å²) in [4.78, 5) is 0. The normalized spacial score (nSPS) is 12.6. The monoisotopic (exact) mass is 414 g/mol. The molecule has 0 aliphatic heterocycles. The van der Waals surface area contributed by atoms with Gasteiger partial charge in [-0.2, -0.15) is 0 Å². The Hall–Kier alpha value is -2.82. The molecule has 156 valence electrons. The molecule has 0 radical (unpaired) electrons. The van der Waals surface area contributed by atoms with Crippen molar-refractivity contribution in [3.8, 4) is 28.0 Å². The van der Waals surface area contributed by atoms with Gasteiger partial charge in [0.05, 0.1) is 0 Å². The standard InChI is InChI=1S/C25H22F4O/c1-2-3-4-5-16-6-11-21-18(12-16)13-19-14-23(24(26)15-22(19)21)17-7-9-20(10-8-17)30-25(27,28)29/h6-12,14-15H,2-5,13H2,1H3. The van der Waals surface area contributed by atoms with Crippen molar-refractivity contribution in [1.29, 1.82) is 0 Å². The van der Waals surface area contributed by atoms with Gasteiger partial charge in [0.15, 0.2) is 0 Å². The fourth-order valence-electron chi connectivity index (χ4n) is 4.07. The molecular formula is C25H22F4O. The topological polar surface area (TPSA) is 9.23 Å². The van der Waals surface area contributed by atoms with Gasteiger partial charge in [-0.25, -0.2) is 4.39 Å². The van der Waals surface area contributed by atoms with Gasteiger partial charge in [-0.05, 0) is 76.9 Å². The molecule has 0 N–H and O–H groups in total. The van der Waals surface area contributed by atoms with E-state index in [1.165, 1.54) is 54.3 Å². The van der Waals surface area contributed by atoms with Crippen LogP contribution in [0, 0.1) is 5.82 Å². The van der Waals surface area contributed by atoms with Crippen molar-refractivity contribution in [2.75, 3.05) is 0 Å². The minimum absolute atomic E-state index is 0.323. The number of fused-ring (bicyclic) bond motifs is 3. The van der Waals surface area contributed by atoms with Gasteiger partial charge < -0.3 is 4.74 Å². The average Bonchev–Trinajstić information content (AvgIpc) is 3.04. The fraction of sp³-hybridized carbons (Fsp3) is 0.280. The van der Waals surface area contributed by atoms with Crippen LogP contribution in [0.2, 0.25) is 0 Å². The van der Waals surface area contributed by atoms with Crippen LogP contribution in [0.4, 0.5) is 17.6 Å². The zero-order valence-corrected chi connectivity index (χ0v) is 16.7. The number of unbranched alkanes of at least 4 members (excludes halogenated alkanes) is 2. The first kappa shape index (κ1) is 20.5. The quantitative estimate of drug-likeness (QED) is 0.232. The summed E-state index contributed by atoms with van der Waals surface area (Å²) in [5, 5.41) is 0. The highest BCUT2D eigenvalue weighted by molar-refractivity contribution is 5.81. The van der Waals surface area contributed by atoms with Crippen LogP contribution < -0.4 is 4.74 Å². The fourth-order valence-corrected chi connectivity index (χ4v) is 4.07. The lowest BCUT2D eigenvalue weighted by Crippen LogP contribution is -2.16. The molecule has 1 nitrogen and oxygen atoms in total. The Morgan fingerprint density at radius 1 is 0.833 bits per heavy atom. The molecule has 0 unspecified atom stereocenters. The van der Waals surface area contributed by atoms with E-state index in [9.17, 15) is 17.6 Å². The second kappa shape index (κ2) is 8.13. The van der Waals surface area contributed by atoms with E-state index in [2.05, 4.69) is 29.9 Å². The van der Waals surface area contributed by atoms with Crippen molar-refractivity contribution in [2.45, 2.75) is 45.4 Å². The first-order chi connectivity index (χ1) is 14.3. The van der Waals surface area contributed by atoms with Crippen molar-refractivity contribution in [1.82, 2.24) is 0 Å². The first-order valence-corrected chi connectivity index (χ1v) is 10.1. The number of rotatable bonds is 6. The Balaban J connectivity index is 1.59. The summed E-state index contributed by atoms with van der Waals surface area (Å²) >= 11 is 0. The third-order valence-corrected chi connectivity index (χ3v) is 5.50. The highest BCUT2D eigenvalue weighted by Gasteiger charge is 2.31. The van der Waals surface area contributed by atoms with Crippen LogP contribution in [0.5, 0.6) is 5.75 Å². The van der Waals surface area contributed by atoms with Gasteiger partial charge in [0.25, 0.3) is 0 Å². The number of aryl methyl sites for hydroxylation is 1. The molecule has 3 aromatic rings. The SMILES string of the molecule is CCCCCc1ccc2c(c1)Cc1cc(-c3ccc(OC(F)(F)F)cc3)c(F)cc1-2. The Bertz CT molecular complexity index is 1050. The summed E-state index contributed by atoms with van der Waals surface area (Å²) in [6.07, 6.45) is 0.579. The molecule has 30 heavy (non-hydrogen) atoms. The minimum atomic E-state index is -4.75. The molecule has 3 aromatic carbocycles. The Morgan fingerprint density at radius 2 is 1.57 bits per heavy atom.